The van der Waals surface area contributed by atoms with Crippen LogP contribution >= 0.6 is 0 Å². The Morgan fingerprint density at radius 1 is 1.12 bits per heavy atom. The van der Waals surface area contributed by atoms with Crippen molar-refractivity contribution in [2.24, 2.45) is 46.3 Å². The number of ketones is 1. The van der Waals surface area contributed by atoms with E-state index in [-0.39, 0.29) is 53.1 Å². The van der Waals surface area contributed by atoms with Crippen LogP contribution < -0.4 is 0 Å². The number of aliphatic hydroxyl groups is 2. The van der Waals surface area contributed by atoms with Crippen LogP contribution in [0, 0.1) is 46.3 Å². The minimum atomic E-state index is -6.78. The highest BCUT2D eigenvalue weighted by Crippen LogP contribution is 2.68. The van der Waals surface area contributed by atoms with Crippen LogP contribution in [0.3, 0.4) is 0 Å². The summed E-state index contributed by atoms with van der Waals surface area (Å²) in [5.74, 6) is -2.23. The maximum atomic E-state index is 13.7. The van der Waals surface area contributed by atoms with Gasteiger partial charge in [-0.25, -0.2) is 8.42 Å². The van der Waals surface area contributed by atoms with Crippen molar-refractivity contribution in [3.05, 3.63) is 0 Å². The zero-order valence-corrected chi connectivity index (χ0v) is 24.0. The molecule has 4 saturated carbocycles. The summed E-state index contributed by atoms with van der Waals surface area (Å²) in [6, 6.07) is 0. The molecule has 0 bridgehead atoms. The van der Waals surface area contributed by atoms with E-state index in [4.69, 9.17) is 0 Å². The number of halogens is 5. The fourth-order valence-corrected chi connectivity index (χ4v) is 9.58. The predicted octanol–water partition coefficient (Wildman–Crippen LogP) is 4.18. The van der Waals surface area contributed by atoms with E-state index in [1.54, 1.807) is 6.92 Å². The summed E-state index contributed by atoms with van der Waals surface area (Å²) in [6.45, 7) is 5.82. The first-order valence-corrected chi connectivity index (χ1v) is 15.5. The molecule has 11 atom stereocenters. The van der Waals surface area contributed by atoms with Crippen LogP contribution in [0.4, 0.5) is 22.0 Å². The molecule has 41 heavy (non-hydrogen) atoms. The molecule has 3 unspecified atom stereocenters. The van der Waals surface area contributed by atoms with Gasteiger partial charge in [-0.1, -0.05) is 20.8 Å². The molecule has 0 aromatic carbocycles. The lowest BCUT2D eigenvalue weighted by molar-refractivity contribution is -0.259. The first-order chi connectivity index (χ1) is 18.7. The molecule has 0 aromatic heterocycles. The van der Waals surface area contributed by atoms with E-state index in [9.17, 15) is 54.7 Å². The van der Waals surface area contributed by atoms with E-state index in [1.165, 1.54) is 0 Å². The molecule has 236 valence electrons. The minimum Gasteiger partial charge on any atom is -0.743 e. The molecule has 2 N–H and O–H groups in total. The number of hydrogen-bond donors (Lipinski definition) is 2. The van der Waals surface area contributed by atoms with E-state index < -0.39 is 57.7 Å². The second-order valence-electron chi connectivity index (χ2n) is 13.3. The Morgan fingerprint density at radius 3 is 2.34 bits per heavy atom. The van der Waals surface area contributed by atoms with Gasteiger partial charge in [0.1, 0.15) is 5.78 Å². The zero-order valence-electron chi connectivity index (χ0n) is 23.2. The fourth-order valence-electron chi connectivity index (χ4n) is 9.14. The van der Waals surface area contributed by atoms with Crippen LogP contribution in [0.15, 0.2) is 0 Å². The van der Waals surface area contributed by atoms with Gasteiger partial charge in [-0.05, 0) is 84.9 Å². The minimum absolute atomic E-state index is 0.0136. The van der Waals surface area contributed by atoms with Crippen LogP contribution in [0.1, 0.15) is 78.6 Å². The van der Waals surface area contributed by atoms with E-state index in [0.29, 0.717) is 44.9 Å². The van der Waals surface area contributed by atoms with Gasteiger partial charge >= 0.3 is 17.4 Å². The first-order valence-electron chi connectivity index (χ1n) is 14.1. The number of carbonyl (C=O) groups is 2. The highest BCUT2D eigenvalue weighted by atomic mass is 32.2. The molecule has 0 radical (unpaired) electrons. The number of carbonyl (C=O) groups excluding carboxylic acids is 2. The Labute approximate surface area is 236 Å². The third-order valence-electron chi connectivity index (χ3n) is 11.4. The number of hydrogen-bond acceptors (Lipinski definition) is 8. The monoisotopic (exact) mass is 617 g/mol. The highest BCUT2D eigenvalue weighted by molar-refractivity contribution is 7.86. The van der Waals surface area contributed by atoms with Gasteiger partial charge in [-0.3, -0.25) is 9.59 Å². The van der Waals surface area contributed by atoms with E-state index in [1.807, 2.05) is 6.92 Å². The third-order valence-corrected chi connectivity index (χ3v) is 12.2. The van der Waals surface area contributed by atoms with Crippen molar-refractivity contribution in [2.45, 2.75) is 108 Å². The molecule has 0 amide bonds. The van der Waals surface area contributed by atoms with Crippen LogP contribution in [-0.2, 0) is 24.4 Å². The van der Waals surface area contributed by atoms with Crippen molar-refractivity contribution in [2.75, 3.05) is 0 Å². The van der Waals surface area contributed by atoms with E-state index in [0.717, 1.165) is 0 Å². The summed E-state index contributed by atoms with van der Waals surface area (Å²) in [5.41, 5.74) is -0.875. The van der Waals surface area contributed by atoms with Gasteiger partial charge in [-0.2, -0.15) is 22.0 Å². The van der Waals surface area contributed by atoms with E-state index in [2.05, 4.69) is 11.7 Å². The largest absolute Gasteiger partial charge is 0.743 e. The van der Waals surface area contributed by atoms with Crippen molar-refractivity contribution in [1.29, 1.82) is 0 Å². The van der Waals surface area contributed by atoms with Gasteiger partial charge < -0.3 is 19.5 Å². The average molecular weight is 618 g/mol. The molecule has 0 aliphatic heterocycles. The van der Waals surface area contributed by atoms with Gasteiger partial charge in [0.2, 0.25) is 0 Å². The van der Waals surface area contributed by atoms with Crippen LogP contribution in [0.5, 0.6) is 0 Å². The molecule has 4 fully saturated rings. The summed E-state index contributed by atoms with van der Waals surface area (Å²) in [6.07, 6.45) is -8.86. The van der Waals surface area contributed by atoms with Gasteiger partial charge in [-0.15, -0.1) is 0 Å². The standard InChI is InChI=1S/C27H39F5O8S/c1-13(4-7-21(36)40-23(26(28,29)30)27(31,32)41(37,38)39)16-5-6-17-22-18(12-20(35)25(16,17)3)24(2)9-8-15(33)10-14(24)11-19(22)34/h13-14,16-20,22-23,34-35H,4-12H2,1-3H3,(H,37,38,39)/p-1/t13-,14+,16-,17+,18+,19?,20?,22+,23?,24+,25-/m1/s1. The number of ether oxygens (including phenoxy) is 1. The van der Waals surface area contributed by atoms with Crippen LogP contribution in [0.25, 0.3) is 0 Å². The maximum Gasteiger partial charge on any atom is 0.432 e. The van der Waals surface area contributed by atoms with Gasteiger partial charge in [0.25, 0.3) is 6.10 Å². The normalized spacial score (nSPS) is 41.1. The quantitative estimate of drug-likeness (QED) is 0.246. The highest BCUT2D eigenvalue weighted by Gasteiger charge is 2.66. The summed E-state index contributed by atoms with van der Waals surface area (Å²) < 4.78 is 103. The molecule has 4 aliphatic carbocycles. The molecule has 14 heteroatoms. The van der Waals surface area contributed by atoms with Crippen LogP contribution in [0.2, 0.25) is 0 Å². The average Bonchev–Trinajstić information content (AvgIpc) is 3.19. The number of Topliss-reactive ketones (excluding diaryl/α,β-unsaturated/α-hetero) is 1. The molecule has 0 aromatic rings. The maximum absolute atomic E-state index is 13.7. The molecule has 0 heterocycles. The summed E-state index contributed by atoms with van der Waals surface area (Å²) in [4.78, 5) is 24.3. The molecule has 8 nitrogen and oxygen atoms in total. The molecule has 4 rings (SSSR count). The second-order valence-corrected chi connectivity index (χ2v) is 14.7. The fraction of sp³-hybridized carbons (Fsp3) is 0.926. The van der Waals surface area contributed by atoms with E-state index >= 15 is 0 Å². The van der Waals surface area contributed by atoms with Gasteiger partial charge in [0.15, 0.2) is 10.1 Å². The first kappa shape index (κ1) is 32.5. The topological polar surface area (TPSA) is 141 Å². The van der Waals surface area contributed by atoms with Crippen LogP contribution in [-0.4, -0.2) is 64.7 Å². The molecular weight excluding hydrogens is 579 g/mol. The third kappa shape index (κ3) is 5.43. The summed E-state index contributed by atoms with van der Waals surface area (Å²) in [5, 5.41) is 17.0. The molecule has 0 spiro atoms. The Morgan fingerprint density at radius 2 is 1.76 bits per heavy atom. The summed E-state index contributed by atoms with van der Waals surface area (Å²) in [7, 11) is -6.78. The lowest BCUT2D eigenvalue weighted by Crippen LogP contribution is -2.62. The summed E-state index contributed by atoms with van der Waals surface area (Å²) >= 11 is 0. The van der Waals surface area contributed by atoms with Crippen molar-refractivity contribution in [1.82, 2.24) is 0 Å². The van der Waals surface area contributed by atoms with Crippen molar-refractivity contribution in [3.8, 4) is 0 Å². The number of rotatable bonds is 7. The Hall–Kier alpha value is -1.38. The number of esters is 1. The smallest absolute Gasteiger partial charge is 0.432 e. The number of aliphatic hydroxyl groups excluding tert-OH is 2. The Kier molecular flexibility index (Phi) is 8.45. The Bertz CT molecular complexity index is 1150. The van der Waals surface area contributed by atoms with Crippen molar-refractivity contribution < 1.29 is 59.5 Å². The number of fused-ring (bicyclic) bond motifs is 5. The zero-order chi connectivity index (χ0) is 30.9. The van der Waals surface area contributed by atoms with Crippen molar-refractivity contribution in [3.63, 3.8) is 0 Å². The molecular formula is C27H38F5O8S-. The lowest BCUT2D eigenvalue weighted by atomic mass is 9.43. The molecule has 4 aliphatic rings. The second kappa shape index (κ2) is 10.7. The molecule has 0 saturated heterocycles. The lowest BCUT2D eigenvalue weighted by Gasteiger charge is -2.63. The Balaban J connectivity index is 1.47. The predicted molar refractivity (Wildman–Crippen MR) is 132 cm³/mol. The SMILES string of the molecule is C[C@H](CCC(=O)OC(C(F)(F)F)C(F)(F)S(=O)(=O)[O-])[C@H]1CC[C@H]2[C@@H]3C(O)C[C@@H]4CC(=O)CC[C@]4(C)[C@H]3CC(O)[C@]12C. The van der Waals surface area contributed by atoms with Gasteiger partial charge in [0.05, 0.1) is 12.2 Å². The van der Waals surface area contributed by atoms with Gasteiger partial charge in [0, 0.05) is 19.3 Å². The number of alkyl halides is 5. The van der Waals surface area contributed by atoms with Crippen molar-refractivity contribution >= 4 is 21.9 Å².